The molecule has 0 aliphatic carbocycles. The lowest BCUT2D eigenvalue weighted by Gasteiger charge is -2.10. The van der Waals surface area contributed by atoms with Crippen LogP contribution in [-0.4, -0.2) is 11.9 Å². The van der Waals surface area contributed by atoms with Gasteiger partial charge in [-0.05, 0) is 30.9 Å². The van der Waals surface area contributed by atoms with Crippen LogP contribution in [0.1, 0.15) is 24.0 Å². The first-order chi connectivity index (χ1) is 7.09. The molecule has 3 nitrogen and oxygen atoms in total. The van der Waals surface area contributed by atoms with Crippen LogP contribution in [0.2, 0.25) is 0 Å². The van der Waals surface area contributed by atoms with Gasteiger partial charge in [-0.3, -0.25) is 4.79 Å². The molecule has 0 fully saturated rings. The summed E-state index contributed by atoms with van der Waals surface area (Å²) in [5, 5.41) is 0. The van der Waals surface area contributed by atoms with E-state index in [9.17, 15) is 4.79 Å². The van der Waals surface area contributed by atoms with Crippen LogP contribution in [0.3, 0.4) is 0 Å². The van der Waals surface area contributed by atoms with Crippen LogP contribution in [0.5, 0.6) is 0 Å². The number of benzene rings is 1. The Balaban J connectivity index is 2.43. The summed E-state index contributed by atoms with van der Waals surface area (Å²) in [6.45, 7) is 2.08. The number of amides is 1. The maximum atomic E-state index is 10.6. The molecule has 0 saturated heterocycles. The van der Waals surface area contributed by atoms with Crippen molar-refractivity contribution in [2.45, 2.75) is 32.2 Å². The molecule has 0 aromatic heterocycles. The minimum absolute atomic E-state index is 0.123. The summed E-state index contributed by atoms with van der Waals surface area (Å²) in [5.41, 5.74) is 13.4. The lowest BCUT2D eigenvalue weighted by atomic mass is 10.00. The lowest BCUT2D eigenvalue weighted by Crippen LogP contribution is -2.27. The van der Waals surface area contributed by atoms with Gasteiger partial charge in [-0.1, -0.05) is 24.3 Å². The number of aryl methyl sites for hydroxylation is 2. The fraction of sp³-hybridized carbons (Fsp3) is 0.417. The molecule has 1 amide bonds. The van der Waals surface area contributed by atoms with Gasteiger partial charge in [0.25, 0.3) is 0 Å². The quantitative estimate of drug-likeness (QED) is 0.758. The van der Waals surface area contributed by atoms with Crippen molar-refractivity contribution < 1.29 is 4.79 Å². The summed E-state index contributed by atoms with van der Waals surface area (Å²) in [5.74, 6) is -0.327. The van der Waals surface area contributed by atoms with Gasteiger partial charge < -0.3 is 11.5 Å². The van der Waals surface area contributed by atoms with E-state index in [1.54, 1.807) is 0 Å². The lowest BCUT2D eigenvalue weighted by molar-refractivity contribution is -0.118. The first-order valence-corrected chi connectivity index (χ1v) is 5.18. The third-order valence-electron chi connectivity index (χ3n) is 2.51. The normalized spacial score (nSPS) is 12.4. The van der Waals surface area contributed by atoms with Crippen LogP contribution < -0.4 is 11.5 Å². The van der Waals surface area contributed by atoms with E-state index in [4.69, 9.17) is 11.5 Å². The third kappa shape index (κ3) is 4.13. The van der Waals surface area contributed by atoms with E-state index < -0.39 is 0 Å². The first-order valence-electron chi connectivity index (χ1n) is 5.18. The highest BCUT2D eigenvalue weighted by Crippen LogP contribution is 2.10. The average molecular weight is 206 g/mol. The number of hydrogen-bond donors (Lipinski definition) is 2. The second-order valence-corrected chi connectivity index (χ2v) is 3.90. The molecular weight excluding hydrogens is 188 g/mol. The highest BCUT2D eigenvalue weighted by atomic mass is 16.1. The van der Waals surface area contributed by atoms with E-state index >= 15 is 0 Å². The Kier molecular flexibility index (Phi) is 4.31. The van der Waals surface area contributed by atoms with Gasteiger partial charge >= 0.3 is 0 Å². The predicted molar refractivity (Wildman–Crippen MR) is 61.3 cm³/mol. The molecule has 1 atom stereocenters. The van der Waals surface area contributed by atoms with Crippen LogP contribution in [0, 0.1) is 6.92 Å². The molecule has 3 heteroatoms. The van der Waals surface area contributed by atoms with Gasteiger partial charge in [0.15, 0.2) is 0 Å². The van der Waals surface area contributed by atoms with Gasteiger partial charge in [0.1, 0.15) is 0 Å². The number of rotatable bonds is 5. The largest absolute Gasteiger partial charge is 0.370 e. The van der Waals surface area contributed by atoms with E-state index in [0.717, 1.165) is 12.8 Å². The molecule has 0 heterocycles. The first kappa shape index (κ1) is 11.7. The van der Waals surface area contributed by atoms with Crippen molar-refractivity contribution in [3.63, 3.8) is 0 Å². The van der Waals surface area contributed by atoms with E-state index in [-0.39, 0.29) is 18.4 Å². The molecule has 1 rings (SSSR count). The van der Waals surface area contributed by atoms with Gasteiger partial charge in [-0.25, -0.2) is 0 Å². The fourth-order valence-corrected chi connectivity index (χ4v) is 1.59. The van der Waals surface area contributed by atoms with Crippen LogP contribution in [0.4, 0.5) is 0 Å². The Labute approximate surface area is 90.5 Å². The summed E-state index contributed by atoms with van der Waals surface area (Å²) < 4.78 is 0. The molecule has 0 radical (unpaired) electrons. The van der Waals surface area contributed by atoms with Gasteiger partial charge in [-0.15, -0.1) is 0 Å². The standard InChI is InChI=1S/C12H18N2O/c1-9-4-2-3-5-10(9)6-7-11(13)8-12(14)15/h2-5,11H,6-8,13H2,1H3,(H2,14,15). The number of carbonyl (C=O) groups excluding carboxylic acids is 1. The van der Waals surface area contributed by atoms with E-state index in [0.29, 0.717) is 0 Å². The van der Waals surface area contributed by atoms with Crippen molar-refractivity contribution >= 4 is 5.91 Å². The molecule has 1 aromatic carbocycles. The summed E-state index contributed by atoms with van der Waals surface area (Å²) in [7, 11) is 0. The molecule has 1 unspecified atom stereocenters. The zero-order chi connectivity index (χ0) is 11.3. The topological polar surface area (TPSA) is 69.1 Å². The Hall–Kier alpha value is -1.35. The molecule has 4 N–H and O–H groups in total. The number of carbonyl (C=O) groups is 1. The van der Waals surface area contributed by atoms with Crippen molar-refractivity contribution in [2.24, 2.45) is 11.5 Å². The second-order valence-electron chi connectivity index (χ2n) is 3.90. The molecule has 82 valence electrons. The predicted octanol–water partition coefficient (Wildman–Crippen LogP) is 1.13. The van der Waals surface area contributed by atoms with Crippen molar-refractivity contribution in [3.05, 3.63) is 35.4 Å². The third-order valence-corrected chi connectivity index (χ3v) is 2.51. The van der Waals surface area contributed by atoms with Crippen LogP contribution in [0.15, 0.2) is 24.3 Å². The number of nitrogens with two attached hydrogens (primary N) is 2. The molecule has 0 bridgehead atoms. The van der Waals surface area contributed by atoms with Gasteiger partial charge in [0.2, 0.25) is 5.91 Å². The van der Waals surface area contributed by atoms with Crippen molar-refractivity contribution in [2.75, 3.05) is 0 Å². The highest BCUT2D eigenvalue weighted by molar-refractivity contribution is 5.74. The van der Waals surface area contributed by atoms with Gasteiger partial charge in [0.05, 0.1) is 0 Å². The van der Waals surface area contributed by atoms with Crippen LogP contribution in [-0.2, 0) is 11.2 Å². The molecule has 0 aliphatic heterocycles. The molecule has 0 spiro atoms. The summed E-state index contributed by atoms with van der Waals surface area (Å²) in [4.78, 5) is 10.6. The Bertz CT molecular complexity index is 336. The van der Waals surface area contributed by atoms with Crippen LogP contribution >= 0.6 is 0 Å². The summed E-state index contributed by atoms with van der Waals surface area (Å²) in [6.07, 6.45) is 1.97. The fourth-order valence-electron chi connectivity index (χ4n) is 1.59. The number of primary amides is 1. The summed E-state index contributed by atoms with van der Waals surface area (Å²) in [6, 6.07) is 8.08. The Morgan fingerprint density at radius 1 is 1.40 bits per heavy atom. The molecule has 1 aromatic rings. The monoisotopic (exact) mass is 206 g/mol. The van der Waals surface area contributed by atoms with E-state index in [1.165, 1.54) is 11.1 Å². The van der Waals surface area contributed by atoms with Crippen molar-refractivity contribution in [1.82, 2.24) is 0 Å². The molecule has 15 heavy (non-hydrogen) atoms. The minimum atomic E-state index is -0.327. The van der Waals surface area contributed by atoms with Gasteiger partial charge in [0, 0.05) is 12.5 Å². The molecular formula is C12H18N2O. The van der Waals surface area contributed by atoms with Crippen molar-refractivity contribution in [1.29, 1.82) is 0 Å². The molecule has 0 aliphatic rings. The van der Waals surface area contributed by atoms with Gasteiger partial charge in [-0.2, -0.15) is 0 Å². The zero-order valence-corrected chi connectivity index (χ0v) is 9.07. The minimum Gasteiger partial charge on any atom is -0.370 e. The summed E-state index contributed by atoms with van der Waals surface area (Å²) >= 11 is 0. The van der Waals surface area contributed by atoms with E-state index in [2.05, 4.69) is 19.1 Å². The molecule has 0 saturated carbocycles. The Morgan fingerprint density at radius 2 is 2.07 bits per heavy atom. The SMILES string of the molecule is Cc1ccccc1CCC(N)CC(N)=O. The second kappa shape index (κ2) is 5.51. The van der Waals surface area contributed by atoms with Crippen LogP contribution in [0.25, 0.3) is 0 Å². The average Bonchev–Trinajstić information content (AvgIpc) is 2.15. The maximum absolute atomic E-state index is 10.6. The van der Waals surface area contributed by atoms with Crippen molar-refractivity contribution in [3.8, 4) is 0 Å². The Morgan fingerprint density at radius 3 is 2.67 bits per heavy atom. The van der Waals surface area contributed by atoms with E-state index in [1.807, 2.05) is 12.1 Å². The smallest absolute Gasteiger partial charge is 0.218 e. The maximum Gasteiger partial charge on any atom is 0.218 e. The highest BCUT2D eigenvalue weighted by Gasteiger charge is 2.07. The zero-order valence-electron chi connectivity index (χ0n) is 9.07. The number of hydrogen-bond acceptors (Lipinski definition) is 2.